The molecule has 1 aliphatic carbocycles. The molecule has 5 rings (SSSR count). The van der Waals surface area contributed by atoms with Gasteiger partial charge in [0.1, 0.15) is 6.61 Å². The molecule has 0 saturated carbocycles. The number of alkyl halides is 3. The normalized spacial score (nSPS) is 17.7. The van der Waals surface area contributed by atoms with E-state index in [0.29, 0.717) is 6.33 Å². The molecule has 41 heavy (non-hydrogen) atoms. The number of benzene rings is 2. The van der Waals surface area contributed by atoms with Crippen molar-refractivity contribution >= 4 is 19.3 Å². The first-order chi connectivity index (χ1) is 19.3. The summed E-state index contributed by atoms with van der Waals surface area (Å²) in [5.41, 5.74) is -0.428. The van der Waals surface area contributed by atoms with E-state index in [9.17, 15) is 22.8 Å². The lowest BCUT2D eigenvalue weighted by Crippen LogP contribution is -2.41. The number of amides is 1. The molecule has 1 aliphatic heterocycles. The van der Waals surface area contributed by atoms with Gasteiger partial charge in [0, 0.05) is 12.5 Å². The number of hydrogen-bond donors (Lipinski definition) is 2. The molecule has 2 aliphatic rings. The molecule has 0 spiro atoms. The Bertz CT molecular complexity index is 1510. The number of carbonyl (C=O) groups is 1. The lowest BCUT2D eigenvalue weighted by atomic mass is 9.77. The molecule has 1 aromatic heterocycles. The number of aromatic amines is 1. The third-order valence-corrected chi connectivity index (χ3v) is 7.82. The summed E-state index contributed by atoms with van der Waals surface area (Å²) < 4.78 is 58.6. The Morgan fingerprint density at radius 1 is 1.05 bits per heavy atom. The number of halogens is 3. The number of hydrogen-bond acceptors (Lipinski definition) is 6. The van der Waals surface area contributed by atoms with E-state index < -0.39 is 47.4 Å². The van der Waals surface area contributed by atoms with Gasteiger partial charge in [-0.2, -0.15) is 13.2 Å². The highest BCUT2D eigenvalue weighted by Crippen LogP contribution is 2.44. The number of alkyl carbamates (subject to hydrolysis) is 1. The van der Waals surface area contributed by atoms with Gasteiger partial charge in [-0.15, -0.1) is 0 Å². The SMILES string of the molecule is CC1(C)OB(C(=Cc2c(C(F)(F)F)nc[nH]c2=O)CNC(=O)OCC2c3ccccc3-c3ccccc32)OC1(C)C. The minimum Gasteiger partial charge on any atom is -0.449 e. The molecule has 0 bridgehead atoms. The first kappa shape index (κ1) is 28.6. The molecule has 214 valence electrons. The maximum atomic E-state index is 13.7. The topological polar surface area (TPSA) is 103 Å². The number of carbonyl (C=O) groups excluding carboxylic acids is 1. The van der Waals surface area contributed by atoms with Crippen LogP contribution in [-0.2, 0) is 20.2 Å². The summed E-state index contributed by atoms with van der Waals surface area (Å²) >= 11 is 0. The molecule has 8 nitrogen and oxygen atoms in total. The van der Waals surface area contributed by atoms with Crippen molar-refractivity contribution in [2.75, 3.05) is 13.2 Å². The Balaban J connectivity index is 1.37. The molecule has 2 aromatic carbocycles. The van der Waals surface area contributed by atoms with Crippen molar-refractivity contribution in [2.45, 2.75) is 51.0 Å². The van der Waals surface area contributed by atoms with E-state index in [0.717, 1.165) is 28.3 Å². The van der Waals surface area contributed by atoms with Gasteiger partial charge in [0.05, 0.1) is 23.1 Å². The first-order valence-electron chi connectivity index (χ1n) is 13.1. The highest BCUT2D eigenvalue weighted by molar-refractivity contribution is 6.56. The summed E-state index contributed by atoms with van der Waals surface area (Å²) in [7, 11) is -1.14. The Labute approximate surface area is 235 Å². The third kappa shape index (κ3) is 5.53. The zero-order valence-corrected chi connectivity index (χ0v) is 23.0. The number of rotatable bonds is 6. The van der Waals surface area contributed by atoms with E-state index in [1.807, 2.05) is 48.5 Å². The number of nitrogens with one attached hydrogen (secondary N) is 2. The molecule has 0 atom stereocenters. The fraction of sp³-hybridized carbons (Fsp3) is 0.345. The second-order valence-electron chi connectivity index (χ2n) is 11.0. The van der Waals surface area contributed by atoms with Crippen LogP contribution in [0.1, 0.15) is 56.0 Å². The van der Waals surface area contributed by atoms with Crippen molar-refractivity contribution in [1.29, 1.82) is 0 Å². The van der Waals surface area contributed by atoms with Crippen LogP contribution < -0.4 is 10.9 Å². The van der Waals surface area contributed by atoms with Crippen LogP contribution in [0.2, 0.25) is 0 Å². The molecule has 1 amide bonds. The number of ether oxygens (including phenoxy) is 1. The molecule has 1 fully saturated rings. The second kappa shape index (κ2) is 10.5. The largest absolute Gasteiger partial charge is 0.492 e. The average Bonchev–Trinajstić information content (AvgIpc) is 3.34. The lowest BCUT2D eigenvalue weighted by Gasteiger charge is -2.32. The minimum absolute atomic E-state index is 0.0515. The van der Waals surface area contributed by atoms with Crippen LogP contribution in [-0.4, -0.2) is 47.5 Å². The maximum absolute atomic E-state index is 13.7. The van der Waals surface area contributed by atoms with Crippen LogP contribution >= 0.6 is 0 Å². The van der Waals surface area contributed by atoms with Crippen molar-refractivity contribution in [2.24, 2.45) is 0 Å². The van der Waals surface area contributed by atoms with E-state index in [2.05, 4.69) is 15.3 Å². The molecule has 0 unspecified atom stereocenters. The Morgan fingerprint density at radius 2 is 1.61 bits per heavy atom. The predicted octanol–water partition coefficient (Wildman–Crippen LogP) is 5.34. The molecule has 12 heteroatoms. The van der Waals surface area contributed by atoms with Gasteiger partial charge in [-0.1, -0.05) is 48.5 Å². The van der Waals surface area contributed by atoms with Crippen molar-refractivity contribution in [1.82, 2.24) is 15.3 Å². The van der Waals surface area contributed by atoms with Crippen molar-refractivity contribution in [3.63, 3.8) is 0 Å². The van der Waals surface area contributed by atoms with Gasteiger partial charge in [-0.05, 0) is 61.5 Å². The van der Waals surface area contributed by atoms with Gasteiger partial charge in [-0.3, -0.25) is 4.79 Å². The molecule has 2 heterocycles. The van der Waals surface area contributed by atoms with E-state index in [1.54, 1.807) is 27.7 Å². The number of fused-ring (bicyclic) bond motifs is 3. The van der Waals surface area contributed by atoms with Crippen LogP contribution in [0.15, 0.2) is 65.1 Å². The summed E-state index contributed by atoms with van der Waals surface area (Å²) in [6, 6.07) is 15.8. The van der Waals surface area contributed by atoms with Crippen LogP contribution in [0.4, 0.5) is 18.0 Å². The molecule has 1 saturated heterocycles. The van der Waals surface area contributed by atoms with E-state index in [-0.39, 0.29) is 24.5 Å². The van der Waals surface area contributed by atoms with Crippen molar-refractivity contribution in [3.05, 3.63) is 93.1 Å². The maximum Gasteiger partial charge on any atom is 0.492 e. The van der Waals surface area contributed by atoms with Gasteiger partial charge in [0.25, 0.3) is 5.56 Å². The van der Waals surface area contributed by atoms with Gasteiger partial charge in [-0.25, -0.2) is 9.78 Å². The monoisotopic (exact) mass is 567 g/mol. The summed E-state index contributed by atoms with van der Waals surface area (Å²) in [5.74, 6) is -0.172. The van der Waals surface area contributed by atoms with E-state index >= 15 is 0 Å². The highest BCUT2D eigenvalue weighted by atomic mass is 19.4. The van der Waals surface area contributed by atoms with Gasteiger partial charge in [0.15, 0.2) is 5.69 Å². The first-order valence-corrected chi connectivity index (χ1v) is 13.1. The van der Waals surface area contributed by atoms with Crippen LogP contribution in [0, 0.1) is 0 Å². The Kier molecular flexibility index (Phi) is 7.33. The zero-order valence-electron chi connectivity index (χ0n) is 23.0. The van der Waals surface area contributed by atoms with E-state index in [4.69, 9.17) is 14.0 Å². The van der Waals surface area contributed by atoms with E-state index in [1.165, 1.54) is 0 Å². The van der Waals surface area contributed by atoms with Crippen molar-refractivity contribution in [3.8, 4) is 11.1 Å². The van der Waals surface area contributed by atoms with Crippen molar-refractivity contribution < 1.29 is 32.0 Å². The summed E-state index contributed by atoms with van der Waals surface area (Å²) in [6.07, 6.45) is -3.99. The number of aromatic nitrogens is 2. The fourth-order valence-corrected chi connectivity index (χ4v) is 4.98. The second-order valence-corrected chi connectivity index (χ2v) is 11.0. The van der Waals surface area contributed by atoms with Gasteiger partial charge < -0.3 is 24.3 Å². The van der Waals surface area contributed by atoms with Crippen LogP contribution in [0.5, 0.6) is 0 Å². The standard InChI is InChI=1S/C29H29BF3N3O5/c1-27(2)28(3,4)41-30(40-27)17(13-22-24(29(31,32)33)35-16-36-25(22)37)14-34-26(38)39-15-23-20-11-7-5-9-18(20)19-10-6-8-12-21(19)23/h5-13,16,23H,14-15H2,1-4H3,(H,34,38)(H,35,36,37). The summed E-state index contributed by atoms with van der Waals surface area (Å²) in [6.45, 7) is 6.86. The highest BCUT2D eigenvalue weighted by Gasteiger charge is 2.52. The molecule has 3 aromatic rings. The predicted molar refractivity (Wildman–Crippen MR) is 147 cm³/mol. The molecular weight excluding hydrogens is 538 g/mol. The third-order valence-electron chi connectivity index (χ3n) is 7.82. The van der Waals surface area contributed by atoms with Gasteiger partial charge >= 0.3 is 19.4 Å². The summed E-state index contributed by atoms with van der Waals surface area (Å²) in [5, 5.41) is 2.58. The summed E-state index contributed by atoms with van der Waals surface area (Å²) in [4.78, 5) is 30.8. The lowest BCUT2D eigenvalue weighted by molar-refractivity contribution is -0.141. The van der Waals surface area contributed by atoms with Gasteiger partial charge in [0.2, 0.25) is 0 Å². The smallest absolute Gasteiger partial charge is 0.449 e. The molecule has 0 radical (unpaired) electrons. The Hall–Kier alpha value is -3.90. The number of nitrogens with zero attached hydrogens (tertiary/aromatic N) is 1. The Morgan fingerprint density at radius 3 is 2.17 bits per heavy atom. The number of H-pyrrole nitrogens is 1. The average molecular weight is 567 g/mol. The van der Waals surface area contributed by atoms with Crippen LogP contribution in [0.3, 0.4) is 0 Å². The molecule has 2 N–H and O–H groups in total. The quantitative estimate of drug-likeness (QED) is 0.390. The fourth-order valence-electron chi connectivity index (χ4n) is 4.98. The zero-order chi connectivity index (χ0) is 29.6. The minimum atomic E-state index is -4.89. The van der Waals surface area contributed by atoms with Crippen LogP contribution in [0.25, 0.3) is 17.2 Å². The molecular formula is C29H29BF3N3O5.